The van der Waals surface area contributed by atoms with E-state index in [4.69, 9.17) is 4.74 Å². The van der Waals surface area contributed by atoms with Crippen LogP contribution in [0, 0.1) is 0 Å². The van der Waals surface area contributed by atoms with E-state index in [0.29, 0.717) is 6.61 Å². The minimum Gasteiger partial charge on any atom is -0.435 e. The molecule has 1 saturated heterocycles. The maximum atomic E-state index is 10.7. The van der Waals surface area contributed by atoms with Gasteiger partial charge in [0.1, 0.15) is 0 Å². The molecule has 0 amide bonds. The van der Waals surface area contributed by atoms with Crippen molar-refractivity contribution in [1.82, 2.24) is 0 Å². The molecule has 1 fully saturated rings. The Hall–Kier alpha value is -0.0300. The molecule has 3 nitrogen and oxygen atoms in total. The molecule has 0 radical (unpaired) electrons. The lowest BCUT2D eigenvalue weighted by Crippen LogP contribution is -2.11. The molecule has 0 bridgehead atoms. The molecule has 0 atom stereocenters. The van der Waals surface area contributed by atoms with Gasteiger partial charge in [0.2, 0.25) is 0 Å². The number of carbonyl (C=O) groups excluding carboxylic acids is 1. The molecule has 5 heteroatoms. The fourth-order valence-electron chi connectivity index (χ4n) is 0.635. The molecule has 1 aliphatic rings. The van der Waals surface area contributed by atoms with Gasteiger partial charge in [-0.05, 0) is 6.92 Å². The van der Waals surface area contributed by atoms with Crippen LogP contribution in [0.25, 0.3) is 0 Å². The highest BCUT2D eigenvalue weighted by molar-refractivity contribution is 8.19. The smallest absolute Gasteiger partial charge is 0.435 e. The molecular weight excluding hydrogens is 184 g/mol. The van der Waals surface area contributed by atoms with Crippen LogP contribution in [0.2, 0.25) is 0 Å². The molecule has 1 rings (SSSR count). The minimum atomic E-state index is -0.556. The van der Waals surface area contributed by atoms with Crippen molar-refractivity contribution >= 4 is 29.7 Å². The predicted molar refractivity (Wildman–Crippen MR) is 46.8 cm³/mol. The van der Waals surface area contributed by atoms with E-state index < -0.39 is 6.16 Å². The SMILES string of the molecule is CCOC(=O)OC1SCCS1. The highest BCUT2D eigenvalue weighted by Gasteiger charge is 2.20. The van der Waals surface area contributed by atoms with Gasteiger partial charge in [-0.3, -0.25) is 0 Å². The zero-order valence-electron chi connectivity index (χ0n) is 6.24. The first-order chi connectivity index (χ1) is 5.33. The van der Waals surface area contributed by atoms with Gasteiger partial charge in [-0.2, -0.15) is 0 Å². The largest absolute Gasteiger partial charge is 0.510 e. The van der Waals surface area contributed by atoms with Crippen molar-refractivity contribution in [2.24, 2.45) is 0 Å². The third-order valence-electron chi connectivity index (χ3n) is 1.05. The number of rotatable bonds is 2. The van der Waals surface area contributed by atoms with Crippen molar-refractivity contribution in [3.05, 3.63) is 0 Å². The zero-order chi connectivity index (χ0) is 8.10. The molecule has 0 aliphatic carbocycles. The fourth-order valence-corrected chi connectivity index (χ4v) is 3.05. The summed E-state index contributed by atoms with van der Waals surface area (Å²) in [5.41, 5.74) is 0. The molecule has 64 valence electrons. The van der Waals surface area contributed by atoms with Crippen LogP contribution in [-0.4, -0.2) is 29.0 Å². The quantitative estimate of drug-likeness (QED) is 0.628. The molecule has 1 aliphatic heterocycles. The molecule has 0 unspecified atom stereocenters. The lowest BCUT2D eigenvalue weighted by atomic mass is 10.9. The van der Waals surface area contributed by atoms with E-state index in [1.165, 1.54) is 0 Å². The monoisotopic (exact) mass is 194 g/mol. The summed E-state index contributed by atoms with van der Waals surface area (Å²) in [6.07, 6.45) is -0.556. The summed E-state index contributed by atoms with van der Waals surface area (Å²) < 4.78 is 9.49. The highest BCUT2D eigenvalue weighted by Crippen LogP contribution is 2.32. The van der Waals surface area contributed by atoms with Crippen molar-refractivity contribution in [2.45, 2.75) is 11.7 Å². The Labute approximate surface area is 74.2 Å². The van der Waals surface area contributed by atoms with Crippen molar-refractivity contribution < 1.29 is 14.3 Å². The molecule has 0 aromatic heterocycles. The van der Waals surface area contributed by atoms with Crippen LogP contribution in [0.4, 0.5) is 4.79 Å². The van der Waals surface area contributed by atoms with Crippen LogP contribution < -0.4 is 0 Å². The van der Waals surface area contributed by atoms with Gasteiger partial charge < -0.3 is 9.47 Å². The molecular formula is C6H10O3S2. The number of carbonyl (C=O) groups is 1. The Kier molecular flexibility index (Phi) is 3.93. The van der Waals surface area contributed by atoms with Gasteiger partial charge in [0.15, 0.2) is 4.77 Å². The third kappa shape index (κ3) is 3.25. The lowest BCUT2D eigenvalue weighted by molar-refractivity contribution is 0.0675. The van der Waals surface area contributed by atoms with Gasteiger partial charge in [0, 0.05) is 11.5 Å². The zero-order valence-corrected chi connectivity index (χ0v) is 7.87. The van der Waals surface area contributed by atoms with Crippen LogP contribution >= 0.6 is 23.5 Å². The maximum absolute atomic E-state index is 10.7. The topological polar surface area (TPSA) is 35.5 Å². The van der Waals surface area contributed by atoms with Crippen LogP contribution in [0.3, 0.4) is 0 Å². The first kappa shape index (κ1) is 9.06. The van der Waals surface area contributed by atoms with Crippen LogP contribution in [0.1, 0.15) is 6.92 Å². The minimum absolute atomic E-state index is 0.0472. The number of ether oxygens (including phenoxy) is 2. The highest BCUT2D eigenvalue weighted by atomic mass is 32.2. The Morgan fingerprint density at radius 1 is 1.55 bits per heavy atom. The standard InChI is InChI=1S/C6H10O3S2/c1-2-8-5(7)9-6-10-3-4-11-6/h6H,2-4H2,1H3. The summed E-state index contributed by atoms with van der Waals surface area (Å²) in [6, 6.07) is 0. The maximum Gasteiger partial charge on any atom is 0.510 e. The summed E-state index contributed by atoms with van der Waals surface area (Å²) in [4.78, 5) is 10.7. The van der Waals surface area contributed by atoms with Gasteiger partial charge in [-0.15, -0.1) is 23.5 Å². The second kappa shape index (κ2) is 4.77. The van der Waals surface area contributed by atoms with Crippen molar-refractivity contribution in [2.75, 3.05) is 18.1 Å². The van der Waals surface area contributed by atoms with E-state index >= 15 is 0 Å². The molecule has 0 aromatic rings. The van der Waals surface area contributed by atoms with Gasteiger partial charge in [-0.1, -0.05) is 0 Å². The summed E-state index contributed by atoms with van der Waals surface area (Å²) in [6.45, 7) is 2.14. The van der Waals surface area contributed by atoms with Crippen molar-refractivity contribution in [1.29, 1.82) is 0 Å². The summed E-state index contributed by atoms with van der Waals surface area (Å²) in [5, 5.41) is 0. The van der Waals surface area contributed by atoms with E-state index in [1.807, 2.05) is 0 Å². The van der Waals surface area contributed by atoms with Crippen LogP contribution in [-0.2, 0) is 9.47 Å². The second-order valence-corrected chi connectivity index (χ2v) is 4.47. The Balaban J connectivity index is 2.13. The molecule has 0 saturated carbocycles. The van der Waals surface area contributed by atoms with Crippen LogP contribution in [0.15, 0.2) is 0 Å². The van der Waals surface area contributed by atoms with Gasteiger partial charge in [0.25, 0.3) is 0 Å². The Morgan fingerprint density at radius 3 is 2.73 bits per heavy atom. The van der Waals surface area contributed by atoms with E-state index in [0.717, 1.165) is 11.5 Å². The predicted octanol–water partition coefficient (Wildman–Crippen LogP) is 1.92. The summed E-state index contributed by atoms with van der Waals surface area (Å²) in [5.74, 6) is 2.10. The average molecular weight is 194 g/mol. The second-order valence-electron chi connectivity index (χ2n) is 1.83. The first-order valence-electron chi connectivity index (χ1n) is 3.39. The molecule has 0 aromatic carbocycles. The Morgan fingerprint density at radius 2 is 2.18 bits per heavy atom. The number of hydrogen-bond donors (Lipinski definition) is 0. The lowest BCUT2D eigenvalue weighted by Gasteiger charge is -2.08. The van der Waals surface area contributed by atoms with E-state index in [9.17, 15) is 4.79 Å². The average Bonchev–Trinajstić information content (AvgIpc) is 2.40. The van der Waals surface area contributed by atoms with E-state index in [1.54, 1.807) is 30.4 Å². The van der Waals surface area contributed by atoms with E-state index in [2.05, 4.69) is 4.74 Å². The molecule has 1 heterocycles. The van der Waals surface area contributed by atoms with Gasteiger partial charge in [-0.25, -0.2) is 4.79 Å². The van der Waals surface area contributed by atoms with Crippen molar-refractivity contribution in [3.63, 3.8) is 0 Å². The third-order valence-corrected chi connectivity index (χ3v) is 3.74. The van der Waals surface area contributed by atoms with Crippen molar-refractivity contribution in [3.8, 4) is 0 Å². The van der Waals surface area contributed by atoms with Gasteiger partial charge in [0.05, 0.1) is 6.61 Å². The number of thioether (sulfide) groups is 2. The van der Waals surface area contributed by atoms with Gasteiger partial charge >= 0.3 is 6.16 Å². The summed E-state index contributed by atoms with van der Waals surface area (Å²) in [7, 11) is 0. The van der Waals surface area contributed by atoms with E-state index in [-0.39, 0.29) is 4.77 Å². The number of hydrogen-bond acceptors (Lipinski definition) is 5. The molecule has 0 N–H and O–H groups in total. The summed E-state index contributed by atoms with van der Waals surface area (Å²) >= 11 is 3.27. The van der Waals surface area contributed by atoms with Crippen LogP contribution in [0.5, 0.6) is 0 Å². The molecule has 0 spiro atoms. The normalized spacial score (nSPS) is 18.3. The first-order valence-corrected chi connectivity index (χ1v) is 5.49. The molecule has 11 heavy (non-hydrogen) atoms. The fraction of sp³-hybridized carbons (Fsp3) is 0.833. The Bertz CT molecular complexity index is 134.